The molecule has 0 amide bonds. The Hall–Kier alpha value is -1.56. The van der Waals surface area contributed by atoms with Crippen molar-refractivity contribution < 1.29 is 14.2 Å². The van der Waals surface area contributed by atoms with Gasteiger partial charge in [-0.2, -0.15) is 0 Å². The fourth-order valence-electron chi connectivity index (χ4n) is 2.48. The molecule has 1 aliphatic heterocycles. The maximum atomic E-state index is 6.23. The summed E-state index contributed by atoms with van der Waals surface area (Å²) >= 11 is 6.23. The normalized spacial score (nSPS) is 15.9. The second-order valence-electron chi connectivity index (χ2n) is 5.14. The highest BCUT2D eigenvalue weighted by atomic mass is 35.5. The van der Waals surface area contributed by atoms with Gasteiger partial charge in [-0.05, 0) is 23.6 Å². The Labute approximate surface area is 134 Å². The van der Waals surface area contributed by atoms with Gasteiger partial charge >= 0.3 is 0 Å². The van der Waals surface area contributed by atoms with Crippen molar-refractivity contribution in [1.29, 1.82) is 0 Å². The molecule has 1 aromatic carbocycles. The van der Waals surface area contributed by atoms with Crippen LogP contribution in [0.25, 0.3) is 10.8 Å². The number of nitrogens with zero attached hydrogens (tertiary/aromatic N) is 2. The van der Waals surface area contributed by atoms with Crippen molar-refractivity contribution in [3.63, 3.8) is 0 Å². The summed E-state index contributed by atoms with van der Waals surface area (Å²) in [6, 6.07) is 7.59. The Morgan fingerprint density at radius 3 is 2.86 bits per heavy atom. The van der Waals surface area contributed by atoms with Gasteiger partial charge in [0.15, 0.2) is 0 Å². The predicted molar refractivity (Wildman–Crippen MR) is 86.1 cm³/mol. The molecule has 3 rings (SSSR count). The van der Waals surface area contributed by atoms with Crippen molar-refractivity contribution in [1.82, 2.24) is 9.88 Å². The molecule has 22 heavy (non-hydrogen) atoms. The number of benzene rings is 1. The van der Waals surface area contributed by atoms with Gasteiger partial charge in [-0.1, -0.05) is 11.6 Å². The lowest BCUT2D eigenvalue weighted by Crippen LogP contribution is -2.38. The zero-order valence-corrected chi connectivity index (χ0v) is 13.3. The van der Waals surface area contributed by atoms with Gasteiger partial charge in [0.05, 0.1) is 20.3 Å². The molecule has 1 fully saturated rings. The molecule has 6 heteroatoms. The molecule has 0 bridgehead atoms. The van der Waals surface area contributed by atoms with Crippen LogP contribution in [0.4, 0.5) is 0 Å². The summed E-state index contributed by atoms with van der Waals surface area (Å²) in [5.41, 5.74) is 0. The number of halogens is 1. The number of methoxy groups -OCH3 is 1. The molecular weight excluding hydrogens is 304 g/mol. The van der Waals surface area contributed by atoms with E-state index in [1.807, 2.05) is 24.3 Å². The van der Waals surface area contributed by atoms with Crippen molar-refractivity contribution in [2.45, 2.75) is 0 Å². The van der Waals surface area contributed by atoms with E-state index in [1.165, 1.54) is 0 Å². The first-order valence-electron chi connectivity index (χ1n) is 7.33. The van der Waals surface area contributed by atoms with E-state index < -0.39 is 0 Å². The molecule has 118 valence electrons. The summed E-state index contributed by atoms with van der Waals surface area (Å²) in [4.78, 5) is 6.61. The molecule has 0 spiro atoms. The topological polar surface area (TPSA) is 43.8 Å². The van der Waals surface area contributed by atoms with E-state index in [0.29, 0.717) is 17.6 Å². The van der Waals surface area contributed by atoms with Crippen molar-refractivity contribution >= 4 is 22.4 Å². The van der Waals surface area contributed by atoms with Crippen LogP contribution in [0.3, 0.4) is 0 Å². The second-order valence-corrected chi connectivity index (χ2v) is 5.50. The molecule has 0 aliphatic carbocycles. The van der Waals surface area contributed by atoms with Gasteiger partial charge in [0, 0.05) is 31.1 Å². The first-order valence-corrected chi connectivity index (χ1v) is 7.71. The number of rotatable bonds is 5. The van der Waals surface area contributed by atoms with Gasteiger partial charge in [0.1, 0.15) is 17.5 Å². The van der Waals surface area contributed by atoms with Crippen molar-refractivity contribution in [3.8, 4) is 11.6 Å². The van der Waals surface area contributed by atoms with Crippen molar-refractivity contribution in [3.05, 3.63) is 29.4 Å². The summed E-state index contributed by atoms with van der Waals surface area (Å²) in [5.74, 6) is 1.33. The lowest BCUT2D eigenvalue weighted by atomic mass is 10.2. The lowest BCUT2D eigenvalue weighted by Gasteiger charge is -2.26. The summed E-state index contributed by atoms with van der Waals surface area (Å²) in [7, 11) is 1.64. The van der Waals surface area contributed by atoms with E-state index in [9.17, 15) is 0 Å². The van der Waals surface area contributed by atoms with Gasteiger partial charge in [0.25, 0.3) is 0 Å². The average Bonchev–Trinajstić information content (AvgIpc) is 2.55. The maximum absolute atomic E-state index is 6.23. The van der Waals surface area contributed by atoms with Crippen LogP contribution in [0.15, 0.2) is 24.3 Å². The zero-order valence-electron chi connectivity index (χ0n) is 12.5. The molecule has 0 saturated carbocycles. The standard InChI is InChI=1S/C16H19ClN2O3/c1-20-13-2-3-14-12(10-13)11-15(18-16(14)17)22-9-6-19-4-7-21-8-5-19/h2-3,10-11H,4-9H2,1H3. The van der Waals surface area contributed by atoms with E-state index in [4.69, 9.17) is 25.8 Å². The SMILES string of the molecule is COc1ccc2c(Cl)nc(OCCN3CCOCC3)cc2c1. The summed E-state index contributed by atoms with van der Waals surface area (Å²) < 4.78 is 16.3. The zero-order chi connectivity index (χ0) is 15.4. The van der Waals surface area contributed by atoms with Crippen LogP contribution in [0.1, 0.15) is 0 Å². The van der Waals surface area contributed by atoms with E-state index in [0.717, 1.165) is 49.4 Å². The largest absolute Gasteiger partial charge is 0.497 e. The summed E-state index contributed by atoms with van der Waals surface area (Å²) in [5, 5.41) is 2.30. The van der Waals surface area contributed by atoms with Gasteiger partial charge in [-0.15, -0.1) is 0 Å². The van der Waals surface area contributed by atoms with Crippen LogP contribution >= 0.6 is 11.6 Å². The van der Waals surface area contributed by atoms with Crippen LogP contribution < -0.4 is 9.47 Å². The Balaban J connectivity index is 1.67. The predicted octanol–water partition coefficient (Wildman–Crippen LogP) is 2.61. The number of ether oxygens (including phenoxy) is 3. The van der Waals surface area contributed by atoms with Crippen LogP contribution in [-0.4, -0.2) is 56.4 Å². The number of hydrogen-bond donors (Lipinski definition) is 0. The first-order chi connectivity index (χ1) is 10.8. The number of aromatic nitrogens is 1. The minimum Gasteiger partial charge on any atom is -0.497 e. The Morgan fingerprint density at radius 1 is 1.27 bits per heavy atom. The first kappa shape index (κ1) is 15.3. The minimum absolute atomic E-state index is 0.446. The number of hydrogen-bond acceptors (Lipinski definition) is 5. The third-order valence-corrected chi connectivity index (χ3v) is 4.02. The van der Waals surface area contributed by atoms with Gasteiger partial charge in [-0.25, -0.2) is 4.98 Å². The Kier molecular flexibility index (Phi) is 4.97. The fraction of sp³-hybridized carbons (Fsp3) is 0.438. The highest BCUT2D eigenvalue weighted by Crippen LogP contribution is 2.28. The molecule has 1 aromatic heterocycles. The monoisotopic (exact) mass is 322 g/mol. The molecule has 0 atom stereocenters. The van der Waals surface area contributed by atoms with E-state index in [2.05, 4.69) is 9.88 Å². The molecular formula is C16H19ClN2O3. The molecule has 1 saturated heterocycles. The summed E-state index contributed by atoms with van der Waals surface area (Å²) in [6.07, 6.45) is 0. The van der Waals surface area contributed by atoms with E-state index in [-0.39, 0.29) is 0 Å². The molecule has 2 aromatic rings. The van der Waals surface area contributed by atoms with Gasteiger partial charge in [-0.3, -0.25) is 4.90 Å². The molecule has 0 N–H and O–H groups in total. The van der Waals surface area contributed by atoms with Crippen LogP contribution in [0.2, 0.25) is 5.15 Å². The number of morpholine rings is 1. The molecule has 0 radical (unpaired) electrons. The van der Waals surface area contributed by atoms with E-state index >= 15 is 0 Å². The lowest BCUT2D eigenvalue weighted by molar-refractivity contribution is 0.0320. The number of pyridine rings is 1. The van der Waals surface area contributed by atoms with E-state index in [1.54, 1.807) is 7.11 Å². The smallest absolute Gasteiger partial charge is 0.215 e. The van der Waals surface area contributed by atoms with Gasteiger partial charge < -0.3 is 14.2 Å². The second kappa shape index (κ2) is 7.13. The third-order valence-electron chi connectivity index (χ3n) is 3.73. The quantitative estimate of drug-likeness (QED) is 0.792. The molecule has 5 nitrogen and oxygen atoms in total. The summed E-state index contributed by atoms with van der Waals surface area (Å²) in [6.45, 7) is 4.93. The van der Waals surface area contributed by atoms with Crippen LogP contribution in [-0.2, 0) is 4.74 Å². The number of fused-ring (bicyclic) bond motifs is 1. The highest BCUT2D eigenvalue weighted by Gasteiger charge is 2.11. The molecule has 1 aliphatic rings. The van der Waals surface area contributed by atoms with Crippen molar-refractivity contribution in [2.24, 2.45) is 0 Å². The maximum Gasteiger partial charge on any atom is 0.215 e. The fourth-order valence-corrected chi connectivity index (χ4v) is 2.73. The third kappa shape index (κ3) is 3.61. The highest BCUT2D eigenvalue weighted by molar-refractivity contribution is 6.34. The van der Waals surface area contributed by atoms with Crippen LogP contribution in [0.5, 0.6) is 11.6 Å². The average molecular weight is 323 g/mol. The molecule has 0 unspecified atom stereocenters. The molecule has 2 heterocycles. The van der Waals surface area contributed by atoms with Gasteiger partial charge in [0.2, 0.25) is 5.88 Å². The van der Waals surface area contributed by atoms with Crippen molar-refractivity contribution in [2.75, 3.05) is 46.6 Å². The Morgan fingerprint density at radius 2 is 2.09 bits per heavy atom. The Bertz CT molecular complexity index is 645. The van der Waals surface area contributed by atoms with Crippen LogP contribution in [0, 0.1) is 0 Å². The minimum atomic E-state index is 0.446.